The lowest BCUT2D eigenvalue weighted by molar-refractivity contribution is 0.103. The smallest absolute Gasteiger partial charge is 0.266 e. The van der Waals surface area contributed by atoms with Crippen molar-refractivity contribution in [1.29, 1.82) is 0 Å². The molecule has 1 saturated heterocycles. The van der Waals surface area contributed by atoms with Gasteiger partial charge in [0.05, 0.1) is 28.7 Å². The summed E-state index contributed by atoms with van der Waals surface area (Å²) in [6.07, 6.45) is 4.64. The van der Waals surface area contributed by atoms with Crippen LogP contribution in [-0.4, -0.2) is 37.1 Å². The highest BCUT2D eigenvalue weighted by atomic mass is 32.1. The van der Waals surface area contributed by atoms with Crippen LogP contribution >= 0.6 is 11.3 Å². The highest BCUT2D eigenvalue weighted by molar-refractivity contribution is 7.07. The summed E-state index contributed by atoms with van der Waals surface area (Å²) in [5.41, 5.74) is 1.87. The van der Waals surface area contributed by atoms with Crippen LogP contribution in [0.1, 0.15) is 16.1 Å². The summed E-state index contributed by atoms with van der Waals surface area (Å²) in [6.45, 7) is 3.26. The number of carbonyl (C=O) groups excluding carboxylic acids is 1. The molecule has 3 heterocycles. The summed E-state index contributed by atoms with van der Waals surface area (Å²) in [7, 11) is 0. The molecule has 27 heavy (non-hydrogen) atoms. The number of aromatic amines is 1. The van der Waals surface area contributed by atoms with Crippen molar-refractivity contribution >= 4 is 35.0 Å². The van der Waals surface area contributed by atoms with Crippen LogP contribution in [0.25, 0.3) is 12.2 Å². The van der Waals surface area contributed by atoms with Gasteiger partial charge in [0.25, 0.3) is 5.56 Å². The van der Waals surface area contributed by atoms with Crippen LogP contribution in [0.5, 0.6) is 0 Å². The van der Waals surface area contributed by atoms with Crippen LogP contribution in [0.2, 0.25) is 0 Å². The van der Waals surface area contributed by atoms with Crippen LogP contribution in [0.4, 0.5) is 5.69 Å². The minimum absolute atomic E-state index is 0.212. The van der Waals surface area contributed by atoms with Crippen LogP contribution in [-0.2, 0) is 4.74 Å². The average molecular weight is 382 g/mol. The molecule has 0 bridgehead atoms. The van der Waals surface area contributed by atoms with Gasteiger partial charge in [0.1, 0.15) is 0 Å². The molecule has 1 N–H and O–H groups in total. The number of carbonyl (C=O) groups is 1. The summed E-state index contributed by atoms with van der Waals surface area (Å²) in [4.78, 5) is 29.2. The Bertz CT molecular complexity index is 1090. The number of furan rings is 1. The number of ether oxygens (including phenoxy) is 1. The van der Waals surface area contributed by atoms with Gasteiger partial charge < -0.3 is 19.0 Å². The van der Waals surface area contributed by atoms with Crippen molar-refractivity contribution in [2.24, 2.45) is 0 Å². The summed E-state index contributed by atoms with van der Waals surface area (Å²) in [5, 5.41) is 0. The Morgan fingerprint density at radius 3 is 2.63 bits per heavy atom. The first kappa shape index (κ1) is 17.5. The molecular weight excluding hydrogens is 364 g/mol. The molecule has 3 aromatic rings. The maximum absolute atomic E-state index is 12.2. The van der Waals surface area contributed by atoms with Gasteiger partial charge in [0.15, 0.2) is 5.76 Å². The molecule has 1 aromatic carbocycles. The van der Waals surface area contributed by atoms with Crippen molar-refractivity contribution < 1.29 is 13.9 Å². The lowest BCUT2D eigenvalue weighted by atomic mass is 10.2. The average Bonchev–Trinajstić information content (AvgIpc) is 3.34. The number of rotatable bonds is 4. The van der Waals surface area contributed by atoms with Crippen molar-refractivity contribution in [3.05, 3.63) is 73.5 Å². The third-order valence-electron chi connectivity index (χ3n) is 4.27. The van der Waals surface area contributed by atoms with Gasteiger partial charge in [-0.15, -0.1) is 11.3 Å². The molecule has 1 fully saturated rings. The maximum Gasteiger partial charge on any atom is 0.266 e. The van der Waals surface area contributed by atoms with E-state index >= 15 is 0 Å². The van der Waals surface area contributed by atoms with E-state index in [0.717, 1.165) is 37.6 Å². The van der Waals surface area contributed by atoms with E-state index in [2.05, 4.69) is 9.88 Å². The van der Waals surface area contributed by atoms with Crippen molar-refractivity contribution in [1.82, 2.24) is 4.98 Å². The van der Waals surface area contributed by atoms with Crippen LogP contribution < -0.4 is 19.7 Å². The lowest BCUT2D eigenvalue weighted by Crippen LogP contribution is -2.36. The Kier molecular flexibility index (Phi) is 5.04. The van der Waals surface area contributed by atoms with E-state index in [0.29, 0.717) is 9.20 Å². The summed E-state index contributed by atoms with van der Waals surface area (Å²) < 4.78 is 11.5. The molecule has 2 aromatic heterocycles. The van der Waals surface area contributed by atoms with Gasteiger partial charge in [0, 0.05) is 24.9 Å². The van der Waals surface area contributed by atoms with Crippen LogP contribution in [0.15, 0.2) is 51.9 Å². The normalized spacial score (nSPS) is 16.1. The van der Waals surface area contributed by atoms with E-state index in [4.69, 9.17) is 9.15 Å². The zero-order valence-corrected chi connectivity index (χ0v) is 15.3. The molecule has 0 saturated carbocycles. The lowest BCUT2D eigenvalue weighted by Gasteiger charge is -2.28. The topological polar surface area (TPSA) is 75.5 Å². The zero-order valence-electron chi connectivity index (χ0n) is 14.5. The molecule has 0 aliphatic carbocycles. The molecule has 0 spiro atoms. The minimum atomic E-state index is -0.279. The first-order valence-corrected chi connectivity index (χ1v) is 9.44. The van der Waals surface area contributed by atoms with E-state index in [-0.39, 0.29) is 17.1 Å². The molecule has 0 atom stereocenters. The Balaban J connectivity index is 1.58. The number of thiazole rings is 1. The van der Waals surface area contributed by atoms with Gasteiger partial charge in [-0.1, -0.05) is 12.1 Å². The molecule has 0 amide bonds. The first-order chi connectivity index (χ1) is 13.2. The molecule has 1 aliphatic rings. The monoisotopic (exact) mass is 382 g/mol. The van der Waals surface area contributed by atoms with Crippen molar-refractivity contribution in [2.45, 2.75) is 0 Å². The fourth-order valence-corrected chi connectivity index (χ4v) is 3.77. The van der Waals surface area contributed by atoms with E-state index < -0.39 is 0 Å². The van der Waals surface area contributed by atoms with Crippen molar-refractivity contribution in [2.75, 3.05) is 31.2 Å². The van der Waals surface area contributed by atoms with E-state index in [1.54, 1.807) is 12.1 Å². The van der Waals surface area contributed by atoms with E-state index in [1.807, 2.05) is 30.3 Å². The number of nitrogens with zero attached hydrogens (tertiary/aromatic N) is 1. The molecule has 6 nitrogen and oxygen atoms in total. The second kappa shape index (κ2) is 7.77. The van der Waals surface area contributed by atoms with Crippen LogP contribution in [0, 0.1) is 0 Å². The highest BCUT2D eigenvalue weighted by Gasteiger charge is 2.10. The Morgan fingerprint density at radius 2 is 1.93 bits per heavy atom. The third-order valence-corrected chi connectivity index (χ3v) is 5.24. The molecular formula is C20H18N2O4S. The summed E-state index contributed by atoms with van der Waals surface area (Å²) >= 11 is 1.24. The number of hydrogen-bond acceptors (Lipinski definition) is 6. The largest absolute Gasteiger partial charge is 0.461 e. The number of anilines is 1. The van der Waals surface area contributed by atoms with Gasteiger partial charge in [-0.2, -0.15) is 0 Å². The Labute approximate surface area is 159 Å². The number of H-pyrrole nitrogens is 1. The van der Waals surface area contributed by atoms with Crippen molar-refractivity contribution in [3.8, 4) is 0 Å². The third kappa shape index (κ3) is 4.10. The van der Waals surface area contributed by atoms with Gasteiger partial charge in [0.2, 0.25) is 5.78 Å². The van der Waals surface area contributed by atoms with Gasteiger partial charge in [-0.25, -0.2) is 0 Å². The quantitative estimate of drug-likeness (QED) is 0.690. The maximum atomic E-state index is 12.2. The molecule has 4 rings (SSSR count). The summed E-state index contributed by atoms with van der Waals surface area (Å²) in [5.74, 6) is -0.0348. The van der Waals surface area contributed by atoms with Gasteiger partial charge in [-0.3, -0.25) is 9.59 Å². The summed E-state index contributed by atoms with van der Waals surface area (Å²) in [6, 6.07) is 11.3. The first-order valence-electron chi connectivity index (χ1n) is 8.62. The number of hydrogen-bond donors (Lipinski definition) is 1. The number of benzene rings is 1. The number of morpholine rings is 1. The zero-order chi connectivity index (χ0) is 18.6. The predicted octanol–water partition coefficient (Wildman–Crippen LogP) is 1.36. The number of nitrogens with one attached hydrogen (secondary N) is 1. The number of Topliss-reactive ketones (excluding diaryl/α,β-unsaturated/α-hetero) is 1. The van der Waals surface area contributed by atoms with Gasteiger partial charge in [-0.05, 0) is 35.9 Å². The minimum Gasteiger partial charge on any atom is -0.461 e. The fourth-order valence-electron chi connectivity index (χ4n) is 2.89. The second-order valence-corrected chi connectivity index (χ2v) is 7.19. The second-order valence-electron chi connectivity index (χ2n) is 6.11. The molecule has 7 heteroatoms. The van der Waals surface area contributed by atoms with E-state index in [9.17, 15) is 9.59 Å². The van der Waals surface area contributed by atoms with Gasteiger partial charge >= 0.3 is 0 Å². The molecule has 0 radical (unpaired) electrons. The van der Waals surface area contributed by atoms with E-state index in [1.165, 1.54) is 23.7 Å². The van der Waals surface area contributed by atoms with Crippen LogP contribution in [0.3, 0.4) is 0 Å². The van der Waals surface area contributed by atoms with Crippen molar-refractivity contribution in [3.63, 3.8) is 0 Å². The standard InChI is InChI=1S/C20H18N2O4S/c23-16(17-2-1-9-26-17)13-19-21-20(24)18(27-19)12-14-3-5-15(6-4-14)22-7-10-25-11-8-22/h1-6,9,12-13H,7-8,10-11H2,(H,21,24)/b18-12-,19-13-. The molecule has 0 unspecified atom stereocenters. The Morgan fingerprint density at radius 1 is 1.15 bits per heavy atom. The Hall–Kier alpha value is -2.90. The number of ketones is 1. The SMILES string of the molecule is O=C(/C=c1/[nH]c(=O)/c(=C/c2ccc(N3CCOCC3)cc2)s1)c1ccco1. The molecule has 1 aliphatic heterocycles. The fraction of sp³-hybridized carbons (Fsp3) is 0.200. The molecule has 138 valence electrons. The highest BCUT2D eigenvalue weighted by Crippen LogP contribution is 2.16. The predicted molar refractivity (Wildman–Crippen MR) is 105 cm³/mol. The number of aromatic nitrogens is 1.